The molecule has 0 N–H and O–H groups in total. The highest BCUT2D eigenvalue weighted by atomic mass is 16.6. The van der Waals surface area contributed by atoms with Crippen molar-refractivity contribution in [3.63, 3.8) is 0 Å². The summed E-state index contributed by atoms with van der Waals surface area (Å²) in [6, 6.07) is 0. The second-order valence-electron chi connectivity index (χ2n) is 23.4. The first kappa shape index (κ1) is 74.6. The Morgan fingerprint density at radius 1 is 0.260 bits per heavy atom. The van der Waals surface area contributed by atoms with Crippen LogP contribution in [0, 0.1) is 0 Å². The molecule has 0 aliphatic heterocycles. The van der Waals surface area contributed by atoms with E-state index in [0.717, 1.165) is 70.6 Å². The number of esters is 3. The van der Waals surface area contributed by atoms with Crippen LogP contribution in [0.2, 0.25) is 0 Å². The van der Waals surface area contributed by atoms with E-state index in [0.29, 0.717) is 19.3 Å². The Morgan fingerprint density at radius 2 is 0.468 bits per heavy atom. The maximum absolute atomic E-state index is 12.9. The lowest BCUT2D eigenvalue weighted by molar-refractivity contribution is -0.167. The van der Waals surface area contributed by atoms with E-state index in [9.17, 15) is 14.4 Å². The molecule has 0 aromatic rings. The van der Waals surface area contributed by atoms with Gasteiger partial charge in [0.1, 0.15) is 13.2 Å². The molecule has 0 spiro atoms. The summed E-state index contributed by atoms with van der Waals surface area (Å²) >= 11 is 0. The van der Waals surface area contributed by atoms with E-state index < -0.39 is 6.10 Å². The van der Waals surface area contributed by atoms with Crippen LogP contribution in [0.4, 0.5) is 0 Å². The topological polar surface area (TPSA) is 78.9 Å². The average Bonchev–Trinajstić information content (AvgIpc) is 3.43. The molecule has 1 atom stereocenters. The monoisotopic (exact) mass is 1080 g/mol. The van der Waals surface area contributed by atoms with Crippen LogP contribution in [-0.2, 0) is 28.6 Å². The van der Waals surface area contributed by atoms with Gasteiger partial charge in [0.2, 0.25) is 0 Å². The Labute approximate surface area is 480 Å². The summed E-state index contributed by atoms with van der Waals surface area (Å²) < 4.78 is 17.0. The van der Waals surface area contributed by atoms with Gasteiger partial charge in [0, 0.05) is 19.3 Å². The Bertz CT molecular complexity index is 1290. The Balaban J connectivity index is 4.23. The Morgan fingerprint density at radius 3 is 0.740 bits per heavy atom. The summed E-state index contributed by atoms with van der Waals surface area (Å²) in [5.41, 5.74) is 0. The fourth-order valence-corrected chi connectivity index (χ4v) is 10.4. The first-order valence-electron chi connectivity index (χ1n) is 34.5. The van der Waals surface area contributed by atoms with Crippen LogP contribution < -0.4 is 0 Å². The summed E-state index contributed by atoms with van der Waals surface area (Å²) in [7, 11) is 0. The van der Waals surface area contributed by atoms with E-state index in [2.05, 4.69) is 57.2 Å². The zero-order chi connectivity index (χ0) is 55.7. The molecule has 1 unspecified atom stereocenters. The SMILES string of the molecule is CCCCCC/C=C\C/C=C\CCCCCCCCCC(=O)OC(COC(=O)CCCCCCCCCCCCCCCC)COC(=O)CCCCCCCCCCCCCCCCC/C=C\CCCCCCCCCC. The molecule has 0 saturated carbocycles. The van der Waals surface area contributed by atoms with E-state index in [1.807, 2.05) is 0 Å². The molecule has 0 radical (unpaired) electrons. The molecule has 0 aromatic heterocycles. The van der Waals surface area contributed by atoms with Crippen molar-refractivity contribution < 1.29 is 28.6 Å². The van der Waals surface area contributed by atoms with Gasteiger partial charge in [0.25, 0.3) is 0 Å². The fraction of sp³-hybridized carbons (Fsp3) is 0.873. The number of ether oxygens (including phenoxy) is 3. The van der Waals surface area contributed by atoms with E-state index in [-0.39, 0.29) is 31.1 Å². The number of allylic oxidation sites excluding steroid dienone is 6. The predicted molar refractivity (Wildman–Crippen MR) is 335 cm³/mol. The standard InChI is InChI=1S/C71H132O6/c1-4-7-10-13-16-19-22-25-28-30-32-33-34-35-36-37-38-39-40-42-43-46-49-52-55-58-61-64-70(73)76-67-68(66-75-69(72)63-60-57-54-51-48-45-27-24-21-18-15-12-9-6-3)77-71(74)65-62-59-56-53-50-47-44-41-31-29-26-23-20-17-14-11-8-5-2/h20,23,29-32,68H,4-19,21-22,24-28,33-67H2,1-3H3/b23-20-,31-29-,32-30-. The molecule has 0 saturated heterocycles. The van der Waals surface area contributed by atoms with Crippen molar-refractivity contribution in [2.24, 2.45) is 0 Å². The van der Waals surface area contributed by atoms with Gasteiger partial charge in [-0.25, -0.2) is 0 Å². The summed E-state index contributed by atoms with van der Waals surface area (Å²) in [5, 5.41) is 0. The fourth-order valence-electron chi connectivity index (χ4n) is 10.4. The zero-order valence-electron chi connectivity index (χ0n) is 52.0. The largest absolute Gasteiger partial charge is 0.462 e. The first-order valence-corrected chi connectivity index (χ1v) is 34.5. The highest BCUT2D eigenvalue weighted by Crippen LogP contribution is 2.18. The lowest BCUT2D eigenvalue weighted by atomic mass is 10.0. The van der Waals surface area contributed by atoms with Crippen molar-refractivity contribution in [1.82, 2.24) is 0 Å². The maximum Gasteiger partial charge on any atom is 0.306 e. The summed E-state index contributed by atoms with van der Waals surface area (Å²) in [5.74, 6) is -0.851. The average molecular weight is 1080 g/mol. The molecule has 0 aliphatic rings. The summed E-state index contributed by atoms with van der Waals surface area (Å²) in [6.07, 6.45) is 81.7. The van der Waals surface area contributed by atoms with Gasteiger partial charge in [0.05, 0.1) is 0 Å². The molecule has 0 amide bonds. The number of hydrogen-bond acceptors (Lipinski definition) is 6. The summed E-state index contributed by atoms with van der Waals surface area (Å²) in [4.78, 5) is 38.4. The van der Waals surface area contributed by atoms with Crippen LogP contribution in [0.5, 0.6) is 0 Å². The van der Waals surface area contributed by atoms with Gasteiger partial charge in [-0.1, -0.05) is 320 Å². The maximum atomic E-state index is 12.9. The minimum absolute atomic E-state index is 0.0702. The van der Waals surface area contributed by atoms with Gasteiger partial charge in [0.15, 0.2) is 6.10 Å². The quantitative estimate of drug-likeness (QED) is 0.0261. The highest BCUT2D eigenvalue weighted by molar-refractivity contribution is 5.71. The Kier molecular flexibility index (Phi) is 64.1. The van der Waals surface area contributed by atoms with Gasteiger partial charge >= 0.3 is 17.9 Å². The van der Waals surface area contributed by atoms with E-state index in [4.69, 9.17) is 14.2 Å². The smallest absolute Gasteiger partial charge is 0.306 e. The molecule has 0 rings (SSSR count). The van der Waals surface area contributed by atoms with Crippen LogP contribution >= 0.6 is 0 Å². The molecule has 0 bridgehead atoms. The minimum atomic E-state index is -0.774. The molecule has 0 fully saturated rings. The van der Waals surface area contributed by atoms with Crippen molar-refractivity contribution in [1.29, 1.82) is 0 Å². The van der Waals surface area contributed by atoms with Gasteiger partial charge in [-0.05, 0) is 77.0 Å². The third kappa shape index (κ3) is 64.3. The number of unbranched alkanes of at least 4 members (excludes halogenated alkanes) is 47. The van der Waals surface area contributed by atoms with Crippen LogP contribution in [-0.4, -0.2) is 37.2 Å². The van der Waals surface area contributed by atoms with Crippen LogP contribution in [0.15, 0.2) is 36.5 Å². The Hall–Kier alpha value is -2.37. The van der Waals surface area contributed by atoms with E-state index in [1.54, 1.807) is 0 Å². The number of hydrogen-bond donors (Lipinski definition) is 0. The van der Waals surface area contributed by atoms with Crippen molar-refractivity contribution in [3.8, 4) is 0 Å². The molecule has 452 valence electrons. The predicted octanol–water partition coefficient (Wildman–Crippen LogP) is 23.6. The van der Waals surface area contributed by atoms with E-state index >= 15 is 0 Å². The lowest BCUT2D eigenvalue weighted by Crippen LogP contribution is -2.30. The van der Waals surface area contributed by atoms with Gasteiger partial charge in [-0.3, -0.25) is 14.4 Å². The lowest BCUT2D eigenvalue weighted by Gasteiger charge is -2.18. The molecule has 6 nitrogen and oxygen atoms in total. The molecule has 77 heavy (non-hydrogen) atoms. The van der Waals surface area contributed by atoms with Crippen molar-refractivity contribution >= 4 is 17.9 Å². The van der Waals surface area contributed by atoms with Crippen molar-refractivity contribution in [2.75, 3.05) is 13.2 Å². The third-order valence-corrected chi connectivity index (χ3v) is 15.6. The van der Waals surface area contributed by atoms with Crippen LogP contribution in [0.25, 0.3) is 0 Å². The molecular weight excluding hydrogens is 949 g/mol. The number of carbonyl (C=O) groups excluding carboxylic acids is 3. The van der Waals surface area contributed by atoms with Crippen LogP contribution in [0.3, 0.4) is 0 Å². The highest BCUT2D eigenvalue weighted by Gasteiger charge is 2.19. The molecule has 0 heterocycles. The van der Waals surface area contributed by atoms with Gasteiger partial charge < -0.3 is 14.2 Å². The summed E-state index contributed by atoms with van der Waals surface area (Å²) in [6.45, 7) is 6.68. The molecule has 0 aromatic carbocycles. The van der Waals surface area contributed by atoms with Crippen molar-refractivity contribution in [3.05, 3.63) is 36.5 Å². The first-order chi connectivity index (χ1) is 38.0. The number of rotatable bonds is 64. The van der Waals surface area contributed by atoms with Crippen LogP contribution in [0.1, 0.15) is 380 Å². The molecule has 0 aliphatic carbocycles. The van der Waals surface area contributed by atoms with Gasteiger partial charge in [-0.2, -0.15) is 0 Å². The van der Waals surface area contributed by atoms with E-state index in [1.165, 1.54) is 270 Å². The van der Waals surface area contributed by atoms with Crippen molar-refractivity contribution in [2.45, 2.75) is 386 Å². The minimum Gasteiger partial charge on any atom is -0.462 e. The third-order valence-electron chi connectivity index (χ3n) is 15.6. The second-order valence-corrected chi connectivity index (χ2v) is 23.4. The van der Waals surface area contributed by atoms with Gasteiger partial charge in [-0.15, -0.1) is 0 Å². The zero-order valence-corrected chi connectivity index (χ0v) is 52.0. The second kappa shape index (κ2) is 66.1. The molecule has 6 heteroatoms. The normalized spacial score (nSPS) is 12.2. The number of carbonyl (C=O) groups is 3. The molecular formula is C71H132O6.